The average Bonchev–Trinajstić information content (AvgIpc) is 3.13. The Balaban J connectivity index is 1.32. The van der Waals surface area contributed by atoms with Crippen molar-refractivity contribution in [3.8, 4) is 22.6 Å². The third-order valence-corrected chi connectivity index (χ3v) is 7.81. The maximum absolute atomic E-state index is 13.2. The van der Waals surface area contributed by atoms with E-state index in [2.05, 4.69) is 11.3 Å². The summed E-state index contributed by atoms with van der Waals surface area (Å²) in [5.74, 6) is -12.1. The predicted molar refractivity (Wildman–Crippen MR) is 188 cm³/mol. The van der Waals surface area contributed by atoms with E-state index in [1.165, 1.54) is 0 Å². The molecular formula is C40H44F4O9. The van der Waals surface area contributed by atoms with Crippen molar-refractivity contribution in [2.45, 2.75) is 77.1 Å². The molecule has 3 rings (SSSR count). The second-order valence-corrected chi connectivity index (χ2v) is 12.3. The number of halogens is 4. The maximum atomic E-state index is 13.2. The molecule has 0 fully saturated rings. The molecule has 0 saturated carbocycles. The highest BCUT2D eigenvalue weighted by Crippen LogP contribution is 2.34. The Bertz CT molecular complexity index is 1650. The first kappa shape index (κ1) is 42.2. The number of esters is 4. The molecule has 0 heterocycles. The molecule has 286 valence electrons. The summed E-state index contributed by atoms with van der Waals surface area (Å²) in [6.07, 6.45) is 5.12. The van der Waals surface area contributed by atoms with Gasteiger partial charge in [-0.15, -0.1) is 0 Å². The van der Waals surface area contributed by atoms with Gasteiger partial charge in [-0.1, -0.05) is 30.8 Å². The van der Waals surface area contributed by atoms with E-state index in [1.807, 2.05) is 0 Å². The largest absolute Gasteiger partial charge is 0.494 e. The van der Waals surface area contributed by atoms with Gasteiger partial charge in [0.15, 0.2) is 0 Å². The van der Waals surface area contributed by atoms with Gasteiger partial charge >= 0.3 is 35.7 Å². The normalized spacial score (nSPS) is 11.4. The number of ether oxygens (including phenoxy) is 5. The Labute approximate surface area is 306 Å². The zero-order chi connectivity index (χ0) is 38.9. The van der Waals surface area contributed by atoms with Gasteiger partial charge in [-0.05, 0) is 118 Å². The van der Waals surface area contributed by atoms with Crippen LogP contribution in [0.4, 0.5) is 17.6 Å². The molecule has 0 aromatic heterocycles. The van der Waals surface area contributed by atoms with Gasteiger partial charge in [-0.3, -0.25) is 0 Å². The maximum Gasteiger partial charge on any atom is 0.404 e. The van der Waals surface area contributed by atoms with E-state index < -0.39 is 36.4 Å². The van der Waals surface area contributed by atoms with E-state index in [-0.39, 0.29) is 25.9 Å². The van der Waals surface area contributed by atoms with Crippen LogP contribution in [-0.4, -0.2) is 62.1 Å². The molecule has 0 spiro atoms. The number of benzene rings is 3. The minimum absolute atomic E-state index is 0.0478. The third kappa shape index (κ3) is 14.0. The SMILES string of the molecule is C=C(C)C(=O)OCCCCCCOc1ccc(C(=O)Oc2ccc(-c3ccc(C(=O)OCCCCCCOC(=O)C(F)(F)C(C)(F)F)cc3)cc2)cc1. The number of carbonyl (C=O) groups excluding carboxylic acids is 4. The third-order valence-electron chi connectivity index (χ3n) is 7.81. The van der Waals surface area contributed by atoms with E-state index in [9.17, 15) is 36.7 Å². The van der Waals surface area contributed by atoms with E-state index in [0.717, 1.165) is 36.8 Å². The minimum Gasteiger partial charge on any atom is -0.494 e. The van der Waals surface area contributed by atoms with Crippen molar-refractivity contribution in [2.75, 3.05) is 26.4 Å². The summed E-state index contributed by atoms with van der Waals surface area (Å²) in [6.45, 7) is 5.70. The van der Waals surface area contributed by atoms with Crippen molar-refractivity contribution < 1.29 is 60.4 Å². The lowest BCUT2D eigenvalue weighted by Gasteiger charge is -2.20. The molecule has 0 aliphatic rings. The Morgan fingerprint density at radius 2 is 1.00 bits per heavy atom. The molecule has 13 heteroatoms. The highest BCUT2D eigenvalue weighted by molar-refractivity contribution is 5.91. The highest BCUT2D eigenvalue weighted by Gasteiger charge is 2.60. The summed E-state index contributed by atoms with van der Waals surface area (Å²) in [6, 6.07) is 20.3. The van der Waals surface area contributed by atoms with Crippen LogP contribution in [0.3, 0.4) is 0 Å². The first-order chi connectivity index (χ1) is 25.2. The summed E-state index contributed by atoms with van der Waals surface area (Å²) in [7, 11) is 0. The lowest BCUT2D eigenvalue weighted by Crippen LogP contribution is -2.46. The average molecular weight is 745 g/mol. The topological polar surface area (TPSA) is 114 Å². The van der Waals surface area contributed by atoms with Crippen LogP contribution in [0.2, 0.25) is 0 Å². The summed E-state index contributed by atoms with van der Waals surface area (Å²) < 4.78 is 77.9. The van der Waals surface area contributed by atoms with E-state index in [0.29, 0.717) is 60.7 Å². The molecule has 0 unspecified atom stereocenters. The van der Waals surface area contributed by atoms with Gasteiger partial charge < -0.3 is 23.7 Å². The minimum atomic E-state index is -4.89. The smallest absolute Gasteiger partial charge is 0.404 e. The number of hydrogen-bond acceptors (Lipinski definition) is 9. The molecule has 3 aromatic rings. The van der Waals surface area contributed by atoms with Gasteiger partial charge in [0, 0.05) is 12.5 Å². The van der Waals surface area contributed by atoms with Crippen LogP contribution < -0.4 is 9.47 Å². The molecule has 0 aliphatic heterocycles. The molecule has 0 N–H and O–H groups in total. The van der Waals surface area contributed by atoms with Crippen LogP contribution in [0.15, 0.2) is 84.9 Å². The number of carbonyl (C=O) groups is 4. The standard InChI is InChI=1S/C40H44F4O9/c1-28(2)35(45)50-25-9-5-4-8-24-49-33-20-18-32(19-21-33)37(47)53-34-22-16-30(17-23-34)29-12-14-31(15-13-29)36(46)51-26-10-6-7-11-27-52-38(48)40(43,44)39(3,41)42/h12-23H,1,4-11,24-27H2,2-3H3. The van der Waals surface area contributed by atoms with E-state index >= 15 is 0 Å². The van der Waals surface area contributed by atoms with Gasteiger partial charge in [0.25, 0.3) is 0 Å². The van der Waals surface area contributed by atoms with Gasteiger partial charge in [0.05, 0.1) is 37.6 Å². The van der Waals surface area contributed by atoms with Crippen LogP contribution in [-0.2, 0) is 23.8 Å². The molecule has 3 aromatic carbocycles. The van der Waals surface area contributed by atoms with E-state index in [4.69, 9.17) is 18.9 Å². The zero-order valence-corrected chi connectivity index (χ0v) is 29.8. The quantitative estimate of drug-likeness (QED) is 0.0248. The van der Waals surface area contributed by atoms with Crippen molar-refractivity contribution in [3.63, 3.8) is 0 Å². The number of hydrogen-bond donors (Lipinski definition) is 0. The Morgan fingerprint density at radius 3 is 1.53 bits per heavy atom. The molecule has 53 heavy (non-hydrogen) atoms. The molecule has 0 atom stereocenters. The van der Waals surface area contributed by atoms with Gasteiger partial charge in [-0.25, -0.2) is 19.2 Å². The molecule has 0 bridgehead atoms. The molecule has 0 radical (unpaired) electrons. The summed E-state index contributed by atoms with van der Waals surface area (Å²) in [4.78, 5) is 47.6. The van der Waals surface area contributed by atoms with Crippen LogP contribution >= 0.6 is 0 Å². The molecule has 0 aliphatic carbocycles. The second kappa shape index (κ2) is 20.7. The van der Waals surface area contributed by atoms with Crippen molar-refractivity contribution in [1.29, 1.82) is 0 Å². The fourth-order valence-corrected chi connectivity index (χ4v) is 4.64. The Kier molecular flexibility index (Phi) is 16.5. The number of unbranched alkanes of at least 4 members (excludes halogenated alkanes) is 6. The lowest BCUT2D eigenvalue weighted by molar-refractivity contribution is -0.222. The van der Waals surface area contributed by atoms with Gasteiger partial charge in [-0.2, -0.15) is 17.6 Å². The van der Waals surface area contributed by atoms with Crippen LogP contribution in [0.1, 0.15) is 85.9 Å². The fraction of sp³-hybridized carbons (Fsp3) is 0.400. The Morgan fingerprint density at radius 1 is 0.566 bits per heavy atom. The summed E-state index contributed by atoms with van der Waals surface area (Å²) in [5.41, 5.74) is 2.74. The Hall–Kier alpha value is -5.20. The second-order valence-electron chi connectivity index (χ2n) is 12.3. The summed E-state index contributed by atoms with van der Waals surface area (Å²) >= 11 is 0. The fourth-order valence-electron chi connectivity index (χ4n) is 4.64. The van der Waals surface area contributed by atoms with E-state index in [1.54, 1.807) is 79.7 Å². The van der Waals surface area contributed by atoms with Crippen LogP contribution in [0, 0.1) is 0 Å². The highest BCUT2D eigenvalue weighted by atomic mass is 19.3. The lowest BCUT2D eigenvalue weighted by atomic mass is 10.0. The molecule has 0 amide bonds. The van der Waals surface area contributed by atoms with Crippen LogP contribution in [0.25, 0.3) is 11.1 Å². The predicted octanol–water partition coefficient (Wildman–Crippen LogP) is 9.18. The molecule has 9 nitrogen and oxygen atoms in total. The van der Waals surface area contributed by atoms with Gasteiger partial charge in [0.1, 0.15) is 11.5 Å². The van der Waals surface area contributed by atoms with Crippen molar-refractivity contribution in [3.05, 3.63) is 96.1 Å². The molecule has 0 saturated heterocycles. The zero-order valence-electron chi connectivity index (χ0n) is 29.8. The number of alkyl halides is 4. The first-order valence-electron chi connectivity index (χ1n) is 17.3. The van der Waals surface area contributed by atoms with Crippen molar-refractivity contribution >= 4 is 23.9 Å². The van der Waals surface area contributed by atoms with Gasteiger partial charge in [0.2, 0.25) is 0 Å². The molecular weight excluding hydrogens is 700 g/mol. The number of rotatable bonds is 22. The monoisotopic (exact) mass is 744 g/mol. The summed E-state index contributed by atoms with van der Waals surface area (Å²) in [5, 5.41) is 0. The first-order valence-corrected chi connectivity index (χ1v) is 17.3. The van der Waals surface area contributed by atoms with Crippen LogP contribution in [0.5, 0.6) is 11.5 Å². The van der Waals surface area contributed by atoms with Crippen molar-refractivity contribution in [1.82, 2.24) is 0 Å². The van der Waals surface area contributed by atoms with Crippen molar-refractivity contribution in [2.24, 2.45) is 0 Å².